The van der Waals surface area contributed by atoms with Crippen LogP contribution in [0.2, 0.25) is 0 Å². The number of fused-ring (bicyclic) bond motifs is 1. The van der Waals surface area contributed by atoms with Gasteiger partial charge in [-0.3, -0.25) is 4.79 Å². The lowest BCUT2D eigenvalue weighted by atomic mass is 9.83. The summed E-state index contributed by atoms with van der Waals surface area (Å²) in [6, 6.07) is 14.7. The van der Waals surface area contributed by atoms with Crippen molar-refractivity contribution in [1.82, 2.24) is 5.32 Å². The van der Waals surface area contributed by atoms with Gasteiger partial charge in [0, 0.05) is 18.7 Å². The van der Waals surface area contributed by atoms with Crippen LogP contribution in [-0.2, 0) is 16.3 Å². The zero-order valence-corrected chi connectivity index (χ0v) is 14.5. The highest BCUT2D eigenvalue weighted by Crippen LogP contribution is 2.30. The first-order valence-corrected chi connectivity index (χ1v) is 10.0. The zero-order chi connectivity index (χ0) is 17.2. The molecule has 0 aromatic heterocycles. The van der Waals surface area contributed by atoms with Gasteiger partial charge in [-0.2, -0.15) is 0 Å². The fourth-order valence-corrected chi connectivity index (χ4v) is 4.24. The molecule has 0 aliphatic heterocycles. The van der Waals surface area contributed by atoms with Gasteiger partial charge in [0.15, 0.2) is 9.84 Å². The average molecular weight is 343 g/mol. The highest BCUT2D eigenvalue weighted by Gasteiger charge is 2.22. The van der Waals surface area contributed by atoms with Crippen molar-refractivity contribution in [1.29, 1.82) is 0 Å². The summed E-state index contributed by atoms with van der Waals surface area (Å²) in [5.74, 6) is -0.0524. The molecule has 24 heavy (non-hydrogen) atoms. The van der Waals surface area contributed by atoms with E-state index in [1.165, 1.54) is 17.2 Å². The van der Waals surface area contributed by atoms with E-state index in [0.29, 0.717) is 6.54 Å². The molecule has 5 heteroatoms. The van der Waals surface area contributed by atoms with Crippen LogP contribution >= 0.6 is 0 Å². The first-order chi connectivity index (χ1) is 11.5. The SMILES string of the molecule is CS(=O)(=O)c1ccccc1C(=O)NCC1CCCc2ccccc21. The molecule has 1 unspecified atom stereocenters. The molecule has 1 amide bonds. The number of aryl methyl sites for hydroxylation is 1. The Labute approximate surface area is 142 Å². The Kier molecular flexibility index (Phi) is 4.71. The van der Waals surface area contributed by atoms with Gasteiger partial charge in [-0.1, -0.05) is 36.4 Å². The number of amides is 1. The Morgan fingerprint density at radius 3 is 2.62 bits per heavy atom. The normalized spacial score (nSPS) is 17.1. The average Bonchev–Trinajstić information content (AvgIpc) is 2.59. The molecule has 1 atom stereocenters. The Hall–Kier alpha value is -2.14. The number of carbonyl (C=O) groups is 1. The molecular weight excluding hydrogens is 322 g/mol. The van der Waals surface area contributed by atoms with E-state index in [1.54, 1.807) is 18.2 Å². The van der Waals surface area contributed by atoms with E-state index in [4.69, 9.17) is 0 Å². The monoisotopic (exact) mass is 343 g/mol. The van der Waals surface area contributed by atoms with E-state index in [-0.39, 0.29) is 22.3 Å². The van der Waals surface area contributed by atoms with Gasteiger partial charge in [-0.05, 0) is 42.5 Å². The molecule has 2 aromatic rings. The van der Waals surface area contributed by atoms with Crippen LogP contribution in [0.25, 0.3) is 0 Å². The summed E-state index contributed by atoms with van der Waals surface area (Å²) in [5.41, 5.74) is 2.85. The molecule has 0 saturated heterocycles. The third-order valence-corrected chi connectivity index (χ3v) is 5.69. The van der Waals surface area contributed by atoms with Gasteiger partial charge in [-0.25, -0.2) is 8.42 Å². The zero-order valence-electron chi connectivity index (χ0n) is 13.7. The minimum absolute atomic E-state index is 0.0755. The Bertz CT molecular complexity index is 858. The standard InChI is InChI=1S/C19H21NO3S/c1-24(22,23)18-12-5-4-11-17(18)19(21)20-13-15-9-6-8-14-7-2-3-10-16(14)15/h2-5,7,10-12,15H,6,8-9,13H2,1H3,(H,20,21). The predicted octanol–water partition coefficient (Wildman–Crippen LogP) is 2.94. The van der Waals surface area contributed by atoms with Crippen LogP contribution in [0, 0.1) is 0 Å². The van der Waals surface area contributed by atoms with Gasteiger partial charge < -0.3 is 5.32 Å². The highest BCUT2D eigenvalue weighted by atomic mass is 32.2. The minimum atomic E-state index is -3.43. The quantitative estimate of drug-likeness (QED) is 0.928. The second-order valence-corrected chi connectivity index (χ2v) is 8.25. The van der Waals surface area contributed by atoms with Crippen molar-refractivity contribution in [2.75, 3.05) is 12.8 Å². The number of hydrogen-bond donors (Lipinski definition) is 1. The van der Waals surface area contributed by atoms with Crippen molar-refractivity contribution in [2.45, 2.75) is 30.1 Å². The summed E-state index contributed by atoms with van der Waals surface area (Å²) in [7, 11) is -3.43. The fourth-order valence-electron chi connectivity index (χ4n) is 3.36. The number of benzene rings is 2. The summed E-state index contributed by atoms with van der Waals surface area (Å²) < 4.78 is 23.7. The summed E-state index contributed by atoms with van der Waals surface area (Å²) in [6.45, 7) is 0.522. The van der Waals surface area contributed by atoms with Crippen LogP contribution in [0.1, 0.15) is 40.2 Å². The molecule has 4 nitrogen and oxygen atoms in total. The van der Waals surface area contributed by atoms with Crippen molar-refractivity contribution < 1.29 is 13.2 Å². The smallest absolute Gasteiger partial charge is 0.252 e. The van der Waals surface area contributed by atoms with E-state index in [0.717, 1.165) is 25.5 Å². The number of hydrogen-bond acceptors (Lipinski definition) is 3. The number of nitrogens with one attached hydrogen (secondary N) is 1. The molecule has 0 spiro atoms. The van der Waals surface area contributed by atoms with E-state index in [1.807, 2.05) is 12.1 Å². The maximum Gasteiger partial charge on any atom is 0.252 e. The molecule has 0 heterocycles. The van der Waals surface area contributed by atoms with Crippen molar-refractivity contribution in [2.24, 2.45) is 0 Å². The van der Waals surface area contributed by atoms with E-state index in [2.05, 4.69) is 17.4 Å². The highest BCUT2D eigenvalue weighted by molar-refractivity contribution is 7.90. The third-order valence-electron chi connectivity index (χ3n) is 4.53. The van der Waals surface area contributed by atoms with Crippen molar-refractivity contribution >= 4 is 15.7 Å². The molecule has 126 valence electrons. The van der Waals surface area contributed by atoms with Gasteiger partial charge in [0.25, 0.3) is 5.91 Å². The summed E-state index contributed by atoms with van der Waals surface area (Å²) in [6.07, 6.45) is 4.34. The minimum Gasteiger partial charge on any atom is -0.351 e. The molecule has 0 fully saturated rings. The molecule has 1 aliphatic rings. The van der Waals surface area contributed by atoms with Crippen molar-refractivity contribution in [3.8, 4) is 0 Å². The Morgan fingerprint density at radius 2 is 1.83 bits per heavy atom. The fraction of sp³-hybridized carbons (Fsp3) is 0.316. The van der Waals surface area contributed by atoms with Crippen LogP contribution < -0.4 is 5.32 Å². The van der Waals surface area contributed by atoms with Gasteiger partial charge in [0.2, 0.25) is 0 Å². The van der Waals surface area contributed by atoms with Crippen LogP contribution in [0.4, 0.5) is 0 Å². The Balaban J connectivity index is 1.76. The lowest BCUT2D eigenvalue weighted by molar-refractivity contribution is 0.0947. The molecule has 0 saturated carbocycles. The maximum absolute atomic E-state index is 12.5. The first kappa shape index (κ1) is 16.7. The second-order valence-electron chi connectivity index (χ2n) is 6.27. The maximum atomic E-state index is 12.5. The largest absolute Gasteiger partial charge is 0.351 e. The topological polar surface area (TPSA) is 63.2 Å². The summed E-state index contributed by atoms with van der Waals surface area (Å²) >= 11 is 0. The van der Waals surface area contributed by atoms with Gasteiger partial charge in [0.05, 0.1) is 10.5 Å². The number of carbonyl (C=O) groups excluding carboxylic acids is 1. The third kappa shape index (κ3) is 3.51. The second kappa shape index (κ2) is 6.77. The summed E-state index contributed by atoms with van der Waals surface area (Å²) in [4.78, 5) is 12.6. The van der Waals surface area contributed by atoms with Crippen LogP contribution in [0.3, 0.4) is 0 Å². The molecule has 3 rings (SSSR count). The lowest BCUT2D eigenvalue weighted by Crippen LogP contribution is -2.30. The lowest BCUT2D eigenvalue weighted by Gasteiger charge is -2.25. The number of rotatable bonds is 4. The van der Waals surface area contributed by atoms with Crippen molar-refractivity contribution in [3.63, 3.8) is 0 Å². The molecule has 1 aliphatic carbocycles. The number of sulfone groups is 1. The van der Waals surface area contributed by atoms with E-state index < -0.39 is 9.84 Å². The predicted molar refractivity (Wildman–Crippen MR) is 94.0 cm³/mol. The molecule has 1 N–H and O–H groups in total. The van der Waals surface area contributed by atoms with Crippen LogP contribution in [-0.4, -0.2) is 27.1 Å². The van der Waals surface area contributed by atoms with E-state index >= 15 is 0 Å². The van der Waals surface area contributed by atoms with Gasteiger partial charge in [0.1, 0.15) is 0 Å². The molecular formula is C19H21NO3S. The van der Waals surface area contributed by atoms with Gasteiger partial charge >= 0.3 is 0 Å². The van der Waals surface area contributed by atoms with E-state index in [9.17, 15) is 13.2 Å². The summed E-state index contributed by atoms with van der Waals surface area (Å²) in [5, 5.41) is 2.92. The van der Waals surface area contributed by atoms with Crippen molar-refractivity contribution in [3.05, 3.63) is 65.2 Å². The Morgan fingerprint density at radius 1 is 1.12 bits per heavy atom. The first-order valence-electron chi connectivity index (χ1n) is 8.12. The molecule has 0 bridgehead atoms. The van der Waals surface area contributed by atoms with Crippen LogP contribution in [0.5, 0.6) is 0 Å². The molecule has 0 radical (unpaired) electrons. The molecule has 2 aromatic carbocycles. The van der Waals surface area contributed by atoms with Crippen LogP contribution in [0.15, 0.2) is 53.4 Å². The van der Waals surface area contributed by atoms with Gasteiger partial charge in [-0.15, -0.1) is 0 Å².